The number of hydrogen-bond donors (Lipinski definition) is 1. The smallest absolute Gasteiger partial charge is 0.254 e. The van der Waals surface area contributed by atoms with Crippen LogP contribution in [0.1, 0.15) is 54.4 Å². The standard InChI is InChI=1S/C30H36N6O3/c31-21-22-8-7-9-23(18-22)30(39)36-13-6-2-1-4-12-33-28(37)25-19-24(20-26(25)36)29(38)35-16-14-34(15-17-35)27-10-3-5-11-32-27/h3,5,7-11,18,24-26H,1-2,4,6,12-17,19-20H2,(H,33,37)/t24-,25-,26+/m1/s1. The molecule has 2 aromatic rings. The Kier molecular flexibility index (Phi) is 8.40. The molecule has 0 bridgehead atoms. The Bertz CT molecular complexity index is 1220. The zero-order valence-corrected chi connectivity index (χ0v) is 22.3. The number of amides is 3. The minimum absolute atomic E-state index is 0.0688. The number of piperazine rings is 1. The Labute approximate surface area is 229 Å². The number of carbonyl (C=O) groups excluding carboxylic acids is 3. The molecule has 1 saturated carbocycles. The molecule has 0 spiro atoms. The lowest BCUT2D eigenvalue weighted by Crippen LogP contribution is -2.50. The topological polar surface area (TPSA) is 110 Å². The van der Waals surface area contributed by atoms with Crippen molar-refractivity contribution in [3.05, 3.63) is 59.8 Å². The lowest BCUT2D eigenvalue weighted by molar-refractivity contribution is -0.135. The third kappa shape index (κ3) is 6.06. The maximum Gasteiger partial charge on any atom is 0.254 e. The number of nitrogens with one attached hydrogen (secondary N) is 1. The number of pyridine rings is 1. The number of carbonyl (C=O) groups is 3. The van der Waals surface area contributed by atoms with E-state index in [1.54, 1.807) is 30.5 Å². The summed E-state index contributed by atoms with van der Waals surface area (Å²) in [5, 5.41) is 12.4. The van der Waals surface area contributed by atoms with Crippen LogP contribution in [0.2, 0.25) is 0 Å². The molecule has 204 valence electrons. The van der Waals surface area contributed by atoms with Crippen LogP contribution in [0.25, 0.3) is 0 Å². The summed E-state index contributed by atoms with van der Waals surface area (Å²) in [6.45, 7) is 3.79. The summed E-state index contributed by atoms with van der Waals surface area (Å²) in [6, 6.07) is 14.3. The van der Waals surface area contributed by atoms with Crippen LogP contribution in [0.3, 0.4) is 0 Å². The molecule has 9 nitrogen and oxygen atoms in total. The van der Waals surface area contributed by atoms with Gasteiger partial charge >= 0.3 is 0 Å². The average molecular weight is 529 g/mol. The first-order valence-corrected chi connectivity index (χ1v) is 14.1. The molecule has 1 N–H and O–H groups in total. The largest absolute Gasteiger partial charge is 0.356 e. The van der Waals surface area contributed by atoms with Crippen LogP contribution in [-0.4, -0.2) is 77.8 Å². The number of rotatable bonds is 3. The number of hydrogen-bond acceptors (Lipinski definition) is 6. The highest BCUT2D eigenvalue weighted by molar-refractivity contribution is 5.95. The van der Waals surface area contributed by atoms with Crippen molar-refractivity contribution in [2.45, 2.75) is 44.6 Å². The summed E-state index contributed by atoms with van der Waals surface area (Å²) in [4.78, 5) is 51.2. The second-order valence-corrected chi connectivity index (χ2v) is 10.7. The van der Waals surface area contributed by atoms with Crippen molar-refractivity contribution < 1.29 is 14.4 Å². The van der Waals surface area contributed by atoms with Crippen LogP contribution in [0.15, 0.2) is 48.7 Å². The summed E-state index contributed by atoms with van der Waals surface area (Å²) >= 11 is 0. The summed E-state index contributed by atoms with van der Waals surface area (Å²) < 4.78 is 0. The van der Waals surface area contributed by atoms with E-state index in [4.69, 9.17) is 0 Å². The highest BCUT2D eigenvalue weighted by Crippen LogP contribution is 2.37. The van der Waals surface area contributed by atoms with E-state index in [1.807, 2.05) is 28.0 Å². The van der Waals surface area contributed by atoms with Gasteiger partial charge in [0, 0.05) is 63.0 Å². The Morgan fingerprint density at radius 1 is 0.949 bits per heavy atom. The normalized spacial score (nSPS) is 24.2. The monoisotopic (exact) mass is 528 g/mol. The van der Waals surface area contributed by atoms with Gasteiger partial charge in [-0.25, -0.2) is 4.98 Å². The number of nitriles is 1. The Morgan fingerprint density at radius 3 is 2.54 bits per heavy atom. The van der Waals surface area contributed by atoms with E-state index in [-0.39, 0.29) is 29.7 Å². The van der Waals surface area contributed by atoms with Gasteiger partial charge in [0.25, 0.3) is 5.91 Å². The molecule has 3 amide bonds. The van der Waals surface area contributed by atoms with Crippen molar-refractivity contribution in [3.8, 4) is 6.07 Å². The van der Waals surface area contributed by atoms with Crippen LogP contribution in [0, 0.1) is 23.2 Å². The zero-order chi connectivity index (χ0) is 27.2. The van der Waals surface area contributed by atoms with E-state index in [0.717, 1.165) is 31.5 Å². The fourth-order valence-corrected chi connectivity index (χ4v) is 6.21. The predicted octanol–water partition coefficient (Wildman–Crippen LogP) is 2.83. The van der Waals surface area contributed by atoms with Gasteiger partial charge in [0.05, 0.1) is 17.6 Å². The molecule has 5 rings (SSSR count). The number of aromatic nitrogens is 1. The van der Waals surface area contributed by atoms with Crippen molar-refractivity contribution in [1.29, 1.82) is 5.26 Å². The third-order valence-corrected chi connectivity index (χ3v) is 8.30. The summed E-state index contributed by atoms with van der Waals surface area (Å²) in [5.41, 5.74) is 0.876. The number of fused-ring (bicyclic) bond motifs is 1. The van der Waals surface area contributed by atoms with Crippen LogP contribution >= 0.6 is 0 Å². The van der Waals surface area contributed by atoms with Crippen LogP contribution in [0.4, 0.5) is 5.82 Å². The van der Waals surface area contributed by atoms with E-state index < -0.39 is 5.92 Å². The lowest BCUT2D eigenvalue weighted by Gasteiger charge is -2.36. The molecule has 9 heteroatoms. The molecule has 3 fully saturated rings. The SMILES string of the molecule is N#Cc1cccc(C(=O)N2CCCCCCNC(=O)[C@@H]3C[C@@H](C(=O)N4CCN(c5ccccn5)CC4)C[C@@H]32)c1. The molecule has 39 heavy (non-hydrogen) atoms. The molecule has 3 atom stereocenters. The maximum absolute atomic E-state index is 13.8. The minimum atomic E-state index is -0.435. The number of anilines is 1. The van der Waals surface area contributed by atoms with Crippen LogP contribution in [-0.2, 0) is 9.59 Å². The first-order chi connectivity index (χ1) is 19.0. The van der Waals surface area contributed by atoms with Gasteiger partial charge in [-0.15, -0.1) is 0 Å². The quantitative estimate of drug-likeness (QED) is 0.656. The van der Waals surface area contributed by atoms with Crippen molar-refractivity contribution in [2.75, 3.05) is 44.2 Å². The van der Waals surface area contributed by atoms with E-state index in [1.165, 1.54) is 0 Å². The summed E-state index contributed by atoms with van der Waals surface area (Å²) in [6.07, 6.45) is 6.41. The molecule has 0 unspecified atom stereocenters. The molecule has 3 aliphatic rings. The van der Waals surface area contributed by atoms with Gasteiger partial charge in [0.1, 0.15) is 5.82 Å². The second kappa shape index (κ2) is 12.3. The van der Waals surface area contributed by atoms with Crippen LogP contribution in [0.5, 0.6) is 0 Å². The van der Waals surface area contributed by atoms with Crippen molar-refractivity contribution in [3.63, 3.8) is 0 Å². The number of nitrogens with zero attached hydrogens (tertiary/aromatic N) is 5. The van der Waals surface area contributed by atoms with E-state index in [2.05, 4.69) is 21.3 Å². The van der Waals surface area contributed by atoms with Gasteiger partial charge in [-0.1, -0.05) is 25.0 Å². The molecular formula is C30H36N6O3. The summed E-state index contributed by atoms with van der Waals surface area (Å²) in [5.74, 6) is -0.00183. The third-order valence-electron chi connectivity index (χ3n) is 8.30. The first-order valence-electron chi connectivity index (χ1n) is 14.1. The first kappa shape index (κ1) is 26.7. The molecule has 1 aromatic heterocycles. The van der Waals surface area contributed by atoms with Gasteiger partial charge in [-0.3, -0.25) is 14.4 Å². The van der Waals surface area contributed by atoms with E-state index in [0.29, 0.717) is 63.2 Å². The highest BCUT2D eigenvalue weighted by atomic mass is 16.2. The van der Waals surface area contributed by atoms with Gasteiger partial charge < -0.3 is 20.0 Å². The zero-order valence-electron chi connectivity index (χ0n) is 22.3. The van der Waals surface area contributed by atoms with E-state index in [9.17, 15) is 19.6 Å². The van der Waals surface area contributed by atoms with E-state index >= 15 is 0 Å². The molecular weight excluding hydrogens is 492 g/mol. The van der Waals surface area contributed by atoms with Crippen molar-refractivity contribution in [1.82, 2.24) is 20.1 Å². The molecule has 1 aliphatic carbocycles. The Balaban J connectivity index is 1.34. The molecule has 2 saturated heterocycles. The summed E-state index contributed by atoms with van der Waals surface area (Å²) in [7, 11) is 0. The van der Waals surface area contributed by atoms with Gasteiger partial charge in [0.15, 0.2) is 0 Å². The molecule has 1 aromatic carbocycles. The Morgan fingerprint density at radius 2 is 1.77 bits per heavy atom. The molecule has 0 radical (unpaired) electrons. The van der Waals surface area contributed by atoms with Crippen molar-refractivity contribution in [2.24, 2.45) is 11.8 Å². The highest BCUT2D eigenvalue weighted by Gasteiger charge is 2.46. The average Bonchev–Trinajstić information content (AvgIpc) is 3.42. The maximum atomic E-state index is 13.8. The van der Waals surface area contributed by atoms with Gasteiger partial charge in [-0.2, -0.15) is 5.26 Å². The van der Waals surface area contributed by atoms with Gasteiger partial charge in [0.2, 0.25) is 11.8 Å². The van der Waals surface area contributed by atoms with Crippen molar-refractivity contribution >= 4 is 23.5 Å². The van der Waals surface area contributed by atoms with Gasteiger partial charge in [-0.05, 0) is 56.0 Å². The Hall–Kier alpha value is -3.93. The van der Waals surface area contributed by atoms with Crippen LogP contribution < -0.4 is 10.2 Å². The predicted molar refractivity (Wildman–Crippen MR) is 147 cm³/mol. The number of benzene rings is 1. The fraction of sp³-hybridized carbons (Fsp3) is 0.500. The molecule has 3 heterocycles. The lowest BCUT2D eigenvalue weighted by atomic mass is 9.99. The fourth-order valence-electron chi connectivity index (χ4n) is 6.21. The molecule has 2 aliphatic heterocycles. The minimum Gasteiger partial charge on any atom is -0.356 e. The second-order valence-electron chi connectivity index (χ2n) is 10.7.